The number of hydrogen-bond acceptors (Lipinski definition) is 3. The van der Waals surface area contributed by atoms with Crippen LogP contribution in [0.15, 0.2) is 66.7 Å². The summed E-state index contributed by atoms with van der Waals surface area (Å²) in [7, 11) is 1.71. The molecule has 5 nitrogen and oxygen atoms in total. The van der Waals surface area contributed by atoms with Gasteiger partial charge in [-0.15, -0.1) is 0 Å². The Balaban J connectivity index is 1.47. The van der Waals surface area contributed by atoms with E-state index in [4.69, 9.17) is 9.47 Å². The van der Waals surface area contributed by atoms with Crippen molar-refractivity contribution in [3.05, 3.63) is 77.9 Å². The third-order valence-electron chi connectivity index (χ3n) is 8.44. The van der Waals surface area contributed by atoms with E-state index in [0.717, 1.165) is 50.8 Å². The topological polar surface area (TPSA) is 48.8 Å². The molecule has 4 rings (SSSR count). The van der Waals surface area contributed by atoms with Gasteiger partial charge in [0.25, 0.3) is 0 Å². The Bertz CT molecular complexity index is 1020. The van der Waals surface area contributed by atoms with Gasteiger partial charge in [-0.05, 0) is 68.2 Å². The smallest absolute Gasteiger partial charge is 0.194 e. The molecule has 2 saturated heterocycles. The normalized spacial score (nSPS) is 21.9. The first-order chi connectivity index (χ1) is 19.1. The summed E-state index contributed by atoms with van der Waals surface area (Å²) in [5.74, 6) is 1.58. The lowest BCUT2D eigenvalue weighted by atomic mass is 9.97. The molecule has 39 heavy (non-hydrogen) atoms. The lowest BCUT2D eigenvalue weighted by Crippen LogP contribution is -2.58. The second kappa shape index (κ2) is 15.1. The van der Waals surface area contributed by atoms with E-state index in [1.807, 2.05) is 12.1 Å². The van der Waals surface area contributed by atoms with E-state index in [1.165, 1.54) is 36.8 Å². The van der Waals surface area contributed by atoms with Crippen molar-refractivity contribution in [3.8, 4) is 5.75 Å². The summed E-state index contributed by atoms with van der Waals surface area (Å²) in [6.45, 7) is 5.88. The first-order valence-corrected chi connectivity index (χ1v) is 15.2. The molecule has 1 N–H and O–H groups in total. The number of guanidine groups is 1. The summed E-state index contributed by atoms with van der Waals surface area (Å²) in [6.07, 6.45) is 16.1. The standard InChI is InChI=1S/C34H49N3O2/c1-4-6-9-15-29-23-30-19-20-31(24-33(16-10-7-5-2)39-26-28-13-11-8-12-14-28)37(30)34(35)36(29)25-27-17-21-32(38-3)22-18-27/h6,8-9,11-14,17-18,21-22,29-31,33,35H,4-5,7,10,15-16,19-20,23-26H2,1-3H3/b9-6+,35-34?/t29-,30-,31+,33+/m1/s1. The average molecular weight is 532 g/mol. The van der Waals surface area contributed by atoms with Crippen molar-refractivity contribution in [2.45, 2.75) is 115 Å². The zero-order valence-electron chi connectivity index (χ0n) is 24.4. The molecular weight excluding hydrogens is 482 g/mol. The molecule has 212 valence electrons. The van der Waals surface area contributed by atoms with Crippen molar-refractivity contribution in [3.63, 3.8) is 0 Å². The highest BCUT2D eigenvalue weighted by molar-refractivity contribution is 5.79. The summed E-state index contributed by atoms with van der Waals surface area (Å²) in [5, 5.41) is 9.45. The Hall–Kier alpha value is -2.79. The molecule has 2 aromatic carbocycles. The highest BCUT2D eigenvalue weighted by atomic mass is 16.5. The van der Waals surface area contributed by atoms with E-state index in [0.29, 0.717) is 30.7 Å². The van der Waals surface area contributed by atoms with Crippen molar-refractivity contribution in [1.82, 2.24) is 9.80 Å². The van der Waals surface area contributed by atoms with Crippen molar-refractivity contribution in [2.75, 3.05) is 7.11 Å². The molecular formula is C34H49N3O2. The number of fused-ring (bicyclic) bond motifs is 1. The second-order valence-electron chi connectivity index (χ2n) is 11.2. The number of allylic oxidation sites excluding steroid dienone is 1. The van der Waals surface area contributed by atoms with Gasteiger partial charge in [0.05, 0.1) is 19.8 Å². The van der Waals surface area contributed by atoms with Crippen LogP contribution in [0, 0.1) is 5.41 Å². The average Bonchev–Trinajstić information content (AvgIpc) is 3.37. The monoisotopic (exact) mass is 531 g/mol. The van der Waals surface area contributed by atoms with Crippen LogP contribution in [0.3, 0.4) is 0 Å². The fourth-order valence-corrected chi connectivity index (χ4v) is 6.29. The molecule has 0 spiro atoms. The predicted molar refractivity (Wildman–Crippen MR) is 161 cm³/mol. The number of nitrogens with zero attached hydrogens (tertiary/aromatic N) is 2. The molecule has 0 radical (unpaired) electrons. The quantitative estimate of drug-likeness (QED) is 0.187. The molecule has 2 aromatic rings. The molecule has 0 aliphatic carbocycles. The Labute approximate surface area is 236 Å². The molecule has 0 unspecified atom stereocenters. The lowest BCUT2D eigenvalue weighted by Gasteiger charge is -2.48. The number of hydrogen-bond donors (Lipinski definition) is 1. The number of nitrogens with one attached hydrogen (secondary N) is 1. The van der Waals surface area contributed by atoms with Crippen molar-refractivity contribution >= 4 is 5.96 Å². The molecule has 2 fully saturated rings. The van der Waals surface area contributed by atoms with E-state index in [1.54, 1.807) is 7.11 Å². The third kappa shape index (κ3) is 8.11. The van der Waals surface area contributed by atoms with Gasteiger partial charge in [-0.25, -0.2) is 0 Å². The van der Waals surface area contributed by atoms with E-state index < -0.39 is 0 Å². The van der Waals surface area contributed by atoms with Crippen molar-refractivity contribution < 1.29 is 9.47 Å². The predicted octanol–water partition coefficient (Wildman–Crippen LogP) is 7.95. The molecule has 5 heteroatoms. The molecule has 0 amide bonds. The molecule has 0 aromatic heterocycles. The molecule has 2 heterocycles. The summed E-state index contributed by atoms with van der Waals surface area (Å²) in [4.78, 5) is 4.82. The van der Waals surface area contributed by atoms with Gasteiger partial charge < -0.3 is 19.3 Å². The Morgan fingerprint density at radius 1 is 0.949 bits per heavy atom. The first kappa shape index (κ1) is 29.2. The van der Waals surface area contributed by atoms with E-state index in [9.17, 15) is 5.41 Å². The minimum atomic E-state index is 0.230. The number of benzene rings is 2. The van der Waals surface area contributed by atoms with Gasteiger partial charge >= 0.3 is 0 Å². The minimum absolute atomic E-state index is 0.230. The maximum Gasteiger partial charge on any atom is 0.194 e. The van der Waals surface area contributed by atoms with E-state index in [2.05, 4.69) is 78.3 Å². The maximum absolute atomic E-state index is 9.45. The Kier molecular flexibility index (Phi) is 11.3. The van der Waals surface area contributed by atoms with Crippen LogP contribution in [0.5, 0.6) is 5.75 Å². The van der Waals surface area contributed by atoms with Gasteiger partial charge in [-0.2, -0.15) is 0 Å². The fraction of sp³-hybridized carbons (Fsp3) is 0.559. The van der Waals surface area contributed by atoms with E-state index >= 15 is 0 Å². The van der Waals surface area contributed by atoms with Crippen LogP contribution in [0.25, 0.3) is 0 Å². The number of rotatable bonds is 15. The van der Waals surface area contributed by atoms with Gasteiger partial charge in [0.1, 0.15) is 5.75 Å². The fourth-order valence-electron chi connectivity index (χ4n) is 6.29. The zero-order chi connectivity index (χ0) is 27.5. The SMILES string of the molecule is CC/C=C/C[C@@H]1C[C@H]2CC[C@@H](C[C@H](CCCCC)OCc3ccccc3)N2C(=N)N1Cc1ccc(OC)cc1. The van der Waals surface area contributed by atoms with Crippen LogP contribution in [0.1, 0.15) is 89.2 Å². The number of unbranched alkanes of at least 4 members (excludes halogenated alkanes) is 2. The van der Waals surface area contributed by atoms with Gasteiger partial charge in [0.15, 0.2) is 5.96 Å². The summed E-state index contributed by atoms with van der Waals surface area (Å²) in [5.41, 5.74) is 2.46. The molecule has 0 saturated carbocycles. The largest absolute Gasteiger partial charge is 0.497 e. The zero-order valence-corrected chi connectivity index (χ0v) is 24.4. The van der Waals surface area contributed by atoms with Crippen molar-refractivity contribution in [2.24, 2.45) is 0 Å². The van der Waals surface area contributed by atoms with Crippen molar-refractivity contribution in [1.29, 1.82) is 5.41 Å². The van der Waals surface area contributed by atoms with Gasteiger partial charge in [-0.1, -0.05) is 87.7 Å². The van der Waals surface area contributed by atoms with Gasteiger partial charge in [0, 0.05) is 24.7 Å². The Morgan fingerprint density at radius 3 is 2.46 bits per heavy atom. The van der Waals surface area contributed by atoms with Crippen LogP contribution in [0.4, 0.5) is 0 Å². The number of ether oxygens (including phenoxy) is 2. The maximum atomic E-state index is 9.45. The Morgan fingerprint density at radius 2 is 1.74 bits per heavy atom. The lowest BCUT2D eigenvalue weighted by molar-refractivity contribution is 0.0119. The molecule has 2 aliphatic heterocycles. The van der Waals surface area contributed by atoms with Crippen LogP contribution >= 0.6 is 0 Å². The summed E-state index contributed by atoms with van der Waals surface area (Å²) >= 11 is 0. The highest BCUT2D eigenvalue weighted by Crippen LogP contribution is 2.38. The van der Waals surface area contributed by atoms with Crippen LogP contribution in [-0.2, 0) is 17.9 Å². The first-order valence-electron chi connectivity index (χ1n) is 15.2. The highest BCUT2D eigenvalue weighted by Gasteiger charge is 2.44. The number of methoxy groups -OCH3 is 1. The molecule has 0 bridgehead atoms. The minimum Gasteiger partial charge on any atom is -0.497 e. The van der Waals surface area contributed by atoms with Gasteiger partial charge in [-0.3, -0.25) is 5.41 Å². The molecule has 4 atom stereocenters. The van der Waals surface area contributed by atoms with Crippen LogP contribution < -0.4 is 4.74 Å². The third-order valence-corrected chi connectivity index (χ3v) is 8.44. The van der Waals surface area contributed by atoms with Gasteiger partial charge in [0.2, 0.25) is 0 Å². The summed E-state index contributed by atoms with van der Waals surface area (Å²) < 4.78 is 11.9. The van der Waals surface area contributed by atoms with Crippen LogP contribution in [0.2, 0.25) is 0 Å². The second-order valence-corrected chi connectivity index (χ2v) is 11.2. The summed E-state index contributed by atoms with van der Waals surface area (Å²) in [6, 6.07) is 20.1. The van der Waals surface area contributed by atoms with Crippen LogP contribution in [-0.4, -0.2) is 47.1 Å². The molecule has 2 aliphatic rings. The van der Waals surface area contributed by atoms with E-state index in [-0.39, 0.29) is 6.10 Å².